The van der Waals surface area contributed by atoms with Crippen LogP contribution in [0.15, 0.2) is 70.3 Å². The highest BCUT2D eigenvalue weighted by atomic mass is 32.2. The van der Waals surface area contributed by atoms with Crippen LogP contribution in [0.4, 0.5) is 5.69 Å². The molecule has 3 aromatic rings. The van der Waals surface area contributed by atoms with Gasteiger partial charge in [0.05, 0.1) is 6.61 Å². The normalized spacial score (nSPS) is 11.1. The van der Waals surface area contributed by atoms with Crippen LogP contribution in [-0.2, 0) is 10.0 Å². The maximum Gasteiger partial charge on any atom is 0.271 e. The highest BCUT2D eigenvalue weighted by Gasteiger charge is 2.16. The largest absolute Gasteiger partial charge is 0.494 e. The maximum absolute atomic E-state index is 12.3. The molecule has 0 spiro atoms. The molecule has 8 heteroatoms. The van der Waals surface area contributed by atoms with Crippen LogP contribution >= 0.6 is 11.3 Å². The SMILES string of the molecule is Cc1cccc(OCCCNC(=O)c2cccc(NS(=O)(=O)c3cccs3)c2)c1. The number of rotatable bonds is 9. The molecule has 1 heterocycles. The molecule has 0 bridgehead atoms. The lowest BCUT2D eigenvalue weighted by Gasteiger charge is -2.10. The Morgan fingerprint density at radius 1 is 1.07 bits per heavy atom. The smallest absolute Gasteiger partial charge is 0.271 e. The van der Waals surface area contributed by atoms with Crippen molar-refractivity contribution < 1.29 is 17.9 Å². The molecule has 0 atom stereocenters. The highest BCUT2D eigenvalue weighted by Crippen LogP contribution is 2.20. The average Bonchev–Trinajstić information content (AvgIpc) is 3.23. The van der Waals surface area contributed by atoms with E-state index in [1.807, 2.05) is 31.2 Å². The van der Waals surface area contributed by atoms with Crippen molar-refractivity contribution in [1.29, 1.82) is 0 Å². The summed E-state index contributed by atoms with van der Waals surface area (Å²) in [7, 11) is -3.65. The van der Waals surface area contributed by atoms with Crippen LogP contribution in [0.1, 0.15) is 22.3 Å². The molecule has 0 aliphatic carbocycles. The summed E-state index contributed by atoms with van der Waals surface area (Å²) in [6.07, 6.45) is 0.657. The van der Waals surface area contributed by atoms with Gasteiger partial charge in [0.25, 0.3) is 15.9 Å². The molecule has 29 heavy (non-hydrogen) atoms. The van der Waals surface area contributed by atoms with Crippen molar-refractivity contribution in [3.8, 4) is 5.75 Å². The molecule has 152 valence electrons. The van der Waals surface area contributed by atoms with Crippen molar-refractivity contribution in [3.63, 3.8) is 0 Å². The van der Waals surface area contributed by atoms with Crippen molar-refractivity contribution in [2.45, 2.75) is 17.6 Å². The summed E-state index contributed by atoms with van der Waals surface area (Å²) in [5.74, 6) is 0.541. The van der Waals surface area contributed by atoms with Gasteiger partial charge in [-0.15, -0.1) is 11.3 Å². The Hall–Kier alpha value is -2.84. The molecule has 2 N–H and O–H groups in total. The second-order valence-corrected chi connectivity index (χ2v) is 9.25. The molecule has 0 unspecified atom stereocenters. The Balaban J connectivity index is 1.49. The minimum atomic E-state index is -3.65. The molecule has 0 radical (unpaired) electrons. The number of benzene rings is 2. The lowest BCUT2D eigenvalue weighted by Crippen LogP contribution is -2.25. The molecule has 0 aliphatic rings. The summed E-state index contributed by atoms with van der Waals surface area (Å²) in [6.45, 7) is 2.95. The number of aryl methyl sites for hydroxylation is 1. The van der Waals surface area contributed by atoms with Crippen LogP contribution in [-0.4, -0.2) is 27.5 Å². The summed E-state index contributed by atoms with van der Waals surface area (Å²) in [5.41, 5.74) is 1.86. The predicted octanol–water partition coefficient (Wildman–Crippen LogP) is 4.06. The first-order valence-corrected chi connectivity index (χ1v) is 11.4. The molecule has 3 rings (SSSR count). The summed E-state index contributed by atoms with van der Waals surface area (Å²) < 4.78 is 33.0. The Morgan fingerprint density at radius 3 is 2.66 bits per heavy atom. The second-order valence-electron chi connectivity index (χ2n) is 6.39. The molecular weight excluding hydrogens is 408 g/mol. The van der Waals surface area contributed by atoms with Crippen LogP contribution in [0, 0.1) is 6.92 Å². The Labute approximate surface area is 174 Å². The van der Waals surface area contributed by atoms with Crippen LogP contribution in [0.25, 0.3) is 0 Å². The second kappa shape index (κ2) is 9.58. The molecular formula is C21H22N2O4S2. The molecule has 2 aromatic carbocycles. The lowest BCUT2D eigenvalue weighted by molar-refractivity contribution is 0.0951. The third kappa shape index (κ3) is 6.07. The number of hydrogen-bond donors (Lipinski definition) is 2. The number of nitrogens with one attached hydrogen (secondary N) is 2. The van der Waals surface area contributed by atoms with Gasteiger partial charge in [-0.05, 0) is 60.7 Å². The number of ether oxygens (including phenoxy) is 1. The van der Waals surface area contributed by atoms with Gasteiger partial charge in [-0.3, -0.25) is 9.52 Å². The summed E-state index contributed by atoms with van der Waals surface area (Å²) in [5, 5.41) is 4.52. The van der Waals surface area contributed by atoms with Crippen LogP contribution in [0.5, 0.6) is 5.75 Å². The number of hydrogen-bond acceptors (Lipinski definition) is 5. The van der Waals surface area contributed by atoms with Crippen LogP contribution in [0.3, 0.4) is 0 Å². The minimum absolute atomic E-state index is 0.223. The third-order valence-electron chi connectivity index (χ3n) is 4.00. The van der Waals surface area contributed by atoms with Crippen molar-refractivity contribution >= 4 is 33.0 Å². The van der Waals surface area contributed by atoms with Crippen molar-refractivity contribution in [2.24, 2.45) is 0 Å². The van der Waals surface area contributed by atoms with Gasteiger partial charge >= 0.3 is 0 Å². The average molecular weight is 431 g/mol. The van der Waals surface area contributed by atoms with E-state index in [1.54, 1.807) is 29.6 Å². The highest BCUT2D eigenvalue weighted by molar-refractivity contribution is 7.94. The standard InChI is InChI=1S/C21H22N2O4S2/c1-16-6-2-9-19(14-16)27-12-5-11-22-21(24)17-7-3-8-18(15-17)23-29(25,26)20-10-4-13-28-20/h2-4,6-10,13-15,23H,5,11-12H2,1H3,(H,22,24). The van der Waals surface area contributed by atoms with E-state index in [9.17, 15) is 13.2 Å². The van der Waals surface area contributed by atoms with Crippen LogP contribution < -0.4 is 14.8 Å². The number of amides is 1. The van der Waals surface area contributed by atoms with E-state index in [-0.39, 0.29) is 10.1 Å². The Kier molecular flexibility index (Phi) is 6.90. The zero-order valence-corrected chi connectivity index (χ0v) is 17.6. The van der Waals surface area contributed by atoms with Gasteiger partial charge in [-0.1, -0.05) is 24.3 Å². The van der Waals surface area contributed by atoms with E-state index in [4.69, 9.17) is 4.74 Å². The van der Waals surface area contributed by atoms with E-state index < -0.39 is 10.0 Å². The van der Waals surface area contributed by atoms with E-state index in [0.717, 1.165) is 22.6 Å². The fourth-order valence-corrected chi connectivity index (χ4v) is 4.66. The van der Waals surface area contributed by atoms with Gasteiger partial charge < -0.3 is 10.1 Å². The van der Waals surface area contributed by atoms with E-state index in [1.165, 1.54) is 12.1 Å². The molecule has 1 amide bonds. The summed E-state index contributed by atoms with van der Waals surface area (Å²) in [6, 6.07) is 17.4. The number of anilines is 1. The molecule has 0 fully saturated rings. The van der Waals surface area contributed by atoms with Gasteiger partial charge in [0.2, 0.25) is 0 Å². The van der Waals surface area contributed by atoms with Crippen molar-refractivity contribution in [2.75, 3.05) is 17.9 Å². The van der Waals surface area contributed by atoms with E-state index in [0.29, 0.717) is 30.8 Å². The van der Waals surface area contributed by atoms with E-state index >= 15 is 0 Å². The molecule has 1 aromatic heterocycles. The molecule has 6 nitrogen and oxygen atoms in total. The third-order valence-corrected chi connectivity index (χ3v) is 6.78. The fourth-order valence-electron chi connectivity index (χ4n) is 2.62. The fraction of sp³-hybridized carbons (Fsp3) is 0.190. The van der Waals surface area contributed by atoms with Crippen molar-refractivity contribution in [1.82, 2.24) is 5.32 Å². The number of sulfonamides is 1. The molecule has 0 saturated heterocycles. The zero-order chi connectivity index (χ0) is 20.7. The Morgan fingerprint density at radius 2 is 1.90 bits per heavy atom. The van der Waals surface area contributed by atoms with Gasteiger partial charge in [-0.2, -0.15) is 0 Å². The summed E-state index contributed by atoms with van der Waals surface area (Å²) >= 11 is 1.13. The minimum Gasteiger partial charge on any atom is -0.494 e. The topological polar surface area (TPSA) is 84.5 Å². The quantitative estimate of drug-likeness (QED) is 0.502. The monoisotopic (exact) mass is 430 g/mol. The number of thiophene rings is 1. The number of carbonyl (C=O) groups excluding carboxylic acids is 1. The first-order chi connectivity index (χ1) is 13.9. The first-order valence-electron chi connectivity index (χ1n) is 9.08. The van der Waals surface area contributed by atoms with Gasteiger partial charge in [0.1, 0.15) is 9.96 Å². The van der Waals surface area contributed by atoms with Gasteiger partial charge in [-0.25, -0.2) is 8.42 Å². The summed E-state index contributed by atoms with van der Waals surface area (Å²) in [4.78, 5) is 12.3. The number of carbonyl (C=O) groups is 1. The first kappa shape index (κ1) is 20.9. The van der Waals surface area contributed by atoms with Gasteiger partial charge in [0, 0.05) is 17.8 Å². The van der Waals surface area contributed by atoms with Crippen molar-refractivity contribution in [3.05, 3.63) is 77.2 Å². The van der Waals surface area contributed by atoms with Gasteiger partial charge in [0.15, 0.2) is 0 Å². The Bertz CT molecular complexity index is 1060. The maximum atomic E-state index is 12.3. The lowest BCUT2D eigenvalue weighted by atomic mass is 10.2. The van der Waals surface area contributed by atoms with E-state index in [2.05, 4.69) is 10.0 Å². The zero-order valence-electron chi connectivity index (χ0n) is 15.9. The predicted molar refractivity (Wildman–Crippen MR) is 115 cm³/mol. The van der Waals surface area contributed by atoms with Crippen LogP contribution in [0.2, 0.25) is 0 Å². The molecule has 0 saturated carbocycles. The molecule has 0 aliphatic heterocycles.